The molecule has 0 atom stereocenters. The molecule has 3 heterocycles. The summed E-state index contributed by atoms with van der Waals surface area (Å²) >= 11 is 1.61. The van der Waals surface area contributed by atoms with Crippen molar-refractivity contribution in [2.75, 3.05) is 14.2 Å². The molecule has 0 fully saturated rings. The minimum atomic E-state index is 0.215. The lowest BCUT2D eigenvalue weighted by Gasteiger charge is -2.07. The fourth-order valence-electron chi connectivity index (χ4n) is 2.73. The standard InChI is InChI=1S/C19H17N3O4S/c1-11-6-15-18(20-10-21-19(15)27-11)25-9-13-7-16(22-26-13)14-5-4-12(23-2)8-17(14)24-3/h4-8,10H,9H2,1-3H3. The number of hydrogen-bond acceptors (Lipinski definition) is 8. The van der Waals surface area contributed by atoms with Gasteiger partial charge in [0.2, 0.25) is 5.88 Å². The number of fused-ring (bicyclic) bond motifs is 1. The average Bonchev–Trinajstić information content (AvgIpc) is 3.31. The Labute approximate surface area is 159 Å². The van der Waals surface area contributed by atoms with Gasteiger partial charge in [-0.2, -0.15) is 0 Å². The van der Waals surface area contributed by atoms with Crippen LogP contribution < -0.4 is 14.2 Å². The Kier molecular flexibility index (Phi) is 4.64. The zero-order valence-corrected chi connectivity index (χ0v) is 15.9. The minimum Gasteiger partial charge on any atom is -0.497 e. The molecule has 0 amide bonds. The first-order chi connectivity index (χ1) is 13.2. The van der Waals surface area contributed by atoms with Crippen molar-refractivity contribution in [2.24, 2.45) is 0 Å². The second kappa shape index (κ2) is 7.24. The van der Waals surface area contributed by atoms with Crippen LogP contribution in [-0.2, 0) is 6.61 Å². The first kappa shape index (κ1) is 17.3. The first-order valence-electron chi connectivity index (χ1n) is 8.20. The summed E-state index contributed by atoms with van der Waals surface area (Å²) in [5.74, 6) is 2.48. The molecule has 1 aromatic carbocycles. The van der Waals surface area contributed by atoms with Gasteiger partial charge in [0.25, 0.3) is 0 Å². The van der Waals surface area contributed by atoms with Crippen LogP contribution in [0.2, 0.25) is 0 Å². The second-order valence-electron chi connectivity index (χ2n) is 5.79. The molecule has 0 bridgehead atoms. The van der Waals surface area contributed by atoms with Gasteiger partial charge in [0.05, 0.1) is 19.6 Å². The van der Waals surface area contributed by atoms with Crippen LogP contribution in [0.15, 0.2) is 41.2 Å². The van der Waals surface area contributed by atoms with Gasteiger partial charge in [-0.1, -0.05) is 5.16 Å². The zero-order valence-electron chi connectivity index (χ0n) is 15.1. The van der Waals surface area contributed by atoms with Crippen molar-refractivity contribution < 1.29 is 18.7 Å². The number of ether oxygens (including phenoxy) is 3. The van der Waals surface area contributed by atoms with Crippen LogP contribution in [0.4, 0.5) is 0 Å². The van der Waals surface area contributed by atoms with Crippen molar-refractivity contribution in [3.8, 4) is 28.6 Å². The fourth-order valence-corrected chi connectivity index (χ4v) is 3.56. The summed E-state index contributed by atoms with van der Waals surface area (Å²) in [6, 6.07) is 9.36. The number of aryl methyl sites for hydroxylation is 1. The monoisotopic (exact) mass is 383 g/mol. The minimum absolute atomic E-state index is 0.215. The molecule has 3 aromatic heterocycles. The predicted molar refractivity (Wildman–Crippen MR) is 102 cm³/mol. The molecule has 8 heteroatoms. The van der Waals surface area contributed by atoms with Gasteiger partial charge >= 0.3 is 0 Å². The molecule has 7 nitrogen and oxygen atoms in total. The SMILES string of the molecule is COc1ccc(-c2cc(COc3ncnc4sc(C)cc34)on2)c(OC)c1. The Morgan fingerprint density at radius 2 is 1.96 bits per heavy atom. The summed E-state index contributed by atoms with van der Waals surface area (Å²) in [5.41, 5.74) is 1.47. The molecule has 27 heavy (non-hydrogen) atoms. The molecular formula is C19H17N3O4S. The van der Waals surface area contributed by atoms with E-state index in [1.54, 1.807) is 31.6 Å². The van der Waals surface area contributed by atoms with Crippen LogP contribution in [0.25, 0.3) is 21.5 Å². The van der Waals surface area contributed by atoms with Crippen LogP contribution in [0.3, 0.4) is 0 Å². The third kappa shape index (κ3) is 3.43. The highest BCUT2D eigenvalue weighted by molar-refractivity contribution is 7.18. The number of rotatable bonds is 6. The molecule has 0 N–H and O–H groups in total. The van der Waals surface area contributed by atoms with E-state index in [2.05, 4.69) is 15.1 Å². The maximum absolute atomic E-state index is 5.83. The Bertz CT molecular complexity index is 1090. The number of benzene rings is 1. The fraction of sp³-hybridized carbons (Fsp3) is 0.211. The van der Waals surface area contributed by atoms with Gasteiger partial charge in [-0.25, -0.2) is 9.97 Å². The van der Waals surface area contributed by atoms with Gasteiger partial charge in [0.1, 0.15) is 28.4 Å². The summed E-state index contributed by atoms with van der Waals surface area (Å²) in [4.78, 5) is 10.5. The highest BCUT2D eigenvalue weighted by Crippen LogP contribution is 2.33. The van der Waals surface area contributed by atoms with Gasteiger partial charge in [-0.15, -0.1) is 11.3 Å². The van der Waals surface area contributed by atoms with Crippen molar-refractivity contribution >= 4 is 21.6 Å². The van der Waals surface area contributed by atoms with Crippen molar-refractivity contribution in [1.29, 1.82) is 0 Å². The molecule has 4 rings (SSSR count). The van der Waals surface area contributed by atoms with Gasteiger partial charge < -0.3 is 18.7 Å². The van der Waals surface area contributed by atoms with Gasteiger partial charge in [0, 0.05) is 22.6 Å². The summed E-state index contributed by atoms with van der Waals surface area (Å²) in [5, 5.41) is 5.02. The normalized spacial score (nSPS) is 10.9. The number of aromatic nitrogens is 3. The van der Waals surface area contributed by atoms with E-state index in [0.717, 1.165) is 20.7 Å². The summed E-state index contributed by atoms with van der Waals surface area (Å²) in [7, 11) is 3.21. The Balaban J connectivity index is 1.55. The van der Waals surface area contributed by atoms with E-state index in [1.165, 1.54) is 6.33 Å². The maximum Gasteiger partial charge on any atom is 0.225 e. The average molecular weight is 383 g/mol. The van der Waals surface area contributed by atoms with Gasteiger partial charge in [-0.3, -0.25) is 0 Å². The molecular weight excluding hydrogens is 366 g/mol. The topological polar surface area (TPSA) is 79.5 Å². The molecule has 0 aliphatic carbocycles. The lowest BCUT2D eigenvalue weighted by molar-refractivity contribution is 0.244. The maximum atomic E-state index is 5.83. The number of thiophene rings is 1. The number of methoxy groups -OCH3 is 2. The molecule has 0 radical (unpaired) electrons. The third-order valence-electron chi connectivity index (χ3n) is 4.01. The summed E-state index contributed by atoms with van der Waals surface area (Å²) in [6.07, 6.45) is 1.50. The van der Waals surface area contributed by atoms with Gasteiger partial charge in [0.15, 0.2) is 12.4 Å². The van der Waals surface area contributed by atoms with E-state index >= 15 is 0 Å². The van der Waals surface area contributed by atoms with E-state index in [9.17, 15) is 0 Å². The van der Waals surface area contributed by atoms with Gasteiger partial charge in [-0.05, 0) is 25.1 Å². The smallest absolute Gasteiger partial charge is 0.225 e. The largest absolute Gasteiger partial charge is 0.497 e. The van der Waals surface area contributed by atoms with Crippen LogP contribution in [0, 0.1) is 6.92 Å². The Morgan fingerprint density at radius 1 is 1.07 bits per heavy atom. The first-order valence-corrected chi connectivity index (χ1v) is 9.01. The Morgan fingerprint density at radius 3 is 2.78 bits per heavy atom. The molecule has 0 saturated heterocycles. The molecule has 0 saturated carbocycles. The predicted octanol–water partition coefficient (Wildman–Crippen LogP) is 4.25. The highest BCUT2D eigenvalue weighted by Gasteiger charge is 2.14. The molecule has 0 aliphatic heterocycles. The van der Waals surface area contributed by atoms with E-state index in [-0.39, 0.29) is 6.61 Å². The zero-order chi connectivity index (χ0) is 18.8. The van der Waals surface area contributed by atoms with Crippen molar-refractivity contribution in [3.05, 3.63) is 47.3 Å². The molecule has 0 unspecified atom stereocenters. The van der Waals surface area contributed by atoms with Crippen molar-refractivity contribution in [3.63, 3.8) is 0 Å². The number of hydrogen-bond donors (Lipinski definition) is 0. The van der Waals surface area contributed by atoms with Crippen LogP contribution in [-0.4, -0.2) is 29.3 Å². The highest BCUT2D eigenvalue weighted by atomic mass is 32.1. The molecule has 4 aromatic rings. The molecule has 0 spiro atoms. The van der Waals surface area contributed by atoms with E-state index in [4.69, 9.17) is 18.7 Å². The van der Waals surface area contributed by atoms with E-state index in [0.29, 0.717) is 28.8 Å². The van der Waals surface area contributed by atoms with E-state index < -0.39 is 0 Å². The van der Waals surface area contributed by atoms with Crippen molar-refractivity contribution in [2.45, 2.75) is 13.5 Å². The van der Waals surface area contributed by atoms with Crippen LogP contribution in [0.5, 0.6) is 17.4 Å². The molecule has 138 valence electrons. The quantitative estimate of drug-likeness (QED) is 0.492. The van der Waals surface area contributed by atoms with Crippen LogP contribution in [0.1, 0.15) is 10.6 Å². The summed E-state index contributed by atoms with van der Waals surface area (Å²) < 4.78 is 21.9. The number of nitrogens with zero attached hydrogens (tertiary/aromatic N) is 3. The van der Waals surface area contributed by atoms with Crippen molar-refractivity contribution in [1.82, 2.24) is 15.1 Å². The molecule has 0 aliphatic rings. The second-order valence-corrected chi connectivity index (χ2v) is 7.02. The van der Waals surface area contributed by atoms with Crippen LogP contribution >= 0.6 is 11.3 Å². The van der Waals surface area contributed by atoms with E-state index in [1.807, 2.05) is 31.2 Å². The third-order valence-corrected chi connectivity index (χ3v) is 4.97. The lowest BCUT2D eigenvalue weighted by Crippen LogP contribution is -1.96. The summed E-state index contributed by atoms with van der Waals surface area (Å²) in [6.45, 7) is 2.24. The lowest BCUT2D eigenvalue weighted by atomic mass is 10.1. The Hall–Kier alpha value is -3.13.